The van der Waals surface area contributed by atoms with Crippen LogP contribution in [0, 0.1) is 5.41 Å². The van der Waals surface area contributed by atoms with Crippen molar-refractivity contribution in [2.75, 3.05) is 33.4 Å². The Kier molecular flexibility index (Phi) is 29.3. The number of carbonyl (C=O) groups is 3. The third-order valence-electron chi connectivity index (χ3n) is 11.2. The van der Waals surface area contributed by atoms with Crippen LogP contribution >= 0.6 is 0 Å². The van der Waals surface area contributed by atoms with Crippen molar-refractivity contribution in [3.05, 3.63) is 48.6 Å². The summed E-state index contributed by atoms with van der Waals surface area (Å²) in [5.41, 5.74) is -0.591. The number of hydrogen-bond acceptors (Lipinski definition) is 8. The highest BCUT2D eigenvalue weighted by Crippen LogP contribution is 2.31. The van der Waals surface area contributed by atoms with Gasteiger partial charge in [-0.25, -0.2) is 0 Å². The molecule has 0 bridgehead atoms. The average molecular weight is 798 g/mol. The van der Waals surface area contributed by atoms with E-state index in [9.17, 15) is 14.4 Å². The molecule has 0 aromatic rings. The largest absolute Gasteiger partial charge is 0.462 e. The number of hydrogen-bond donors (Lipinski definition) is 0. The summed E-state index contributed by atoms with van der Waals surface area (Å²) in [6, 6.07) is 0. The maximum atomic E-state index is 13.2. The van der Waals surface area contributed by atoms with Crippen LogP contribution in [0.3, 0.4) is 0 Å². The van der Waals surface area contributed by atoms with Gasteiger partial charge in [0.25, 0.3) is 0 Å². The molecule has 2 fully saturated rings. The molecule has 0 aromatic carbocycles. The van der Waals surface area contributed by atoms with Gasteiger partial charge in [0.05, 0.1) is 12.0 Å². The van der Waals surface area contributed by atoms with Crippen molar-refractivity contribution < 1.29 is 33.3 Å². The molecule has 0 aromatic heterocycles. The molecule has 4 atom stereocenters. The quantitative estimate of drug-likeness (QED) is 0.0281. The highest BCUT2D eigenvalue weighted by atomic mass is 16.6. The van der Waals surface area contributed by atoms with Crippen molar-refractivity contribution in [3.63, 3.8) is 0 Å². The van der Waals surface area contributed by atoms with Crippen molar-refractivity contribution in [2.45, 2.75) is 206 Å². The van der Waals surface area contributed by atoms with E-state index in [0.717, 1.165) is 109 Å². The molecule has 0 N–H and O–H groups in total. The Morgan fingerprint density at radius 2 is 1.12 bits per heavy atom. The zero-order chi connectivity index (χ0) is 41.2. The molecular formula is C49H83NO7. The third kappa shape index (κ3) is 24.7. The highest BCUT2D eigenvalue weighted by molar-refractivity contribution is 5.77. The number of piperidine rings is 1. The van der Waals surface area contributed by atoms with E-state index in [-0.39, 0.29) is 31.1 Å². The molecule has 2 aliphatic heterocycles. The molecule has 0 amide bonds. The second-order valence-corrected chi connectivity index (χ2v) is 16.8. The molecule has 2 rings (SSSR count). The Bertz CT molecular complexity index is 1180. The summed E-state index contributed by atoms with van der Waals surface area (Å²) < 4.78 is 23.6. The number of allylic oxidation sites excluding steroid dienone is 8. The lowest BCUT2D eigenvalue weighted by Crippen LogP contribution is -2.46. The van der Waals surface area contributed by atoms with Gasteiger partial charge >= 0.3 is 17.9 Å². The summed E-state index contributed by atoms with van der Waals surface area (Å²) >= 11 is 0. The molecule has 326 valence electrons. The van der Waals surface area contributed by atoms with Crippen molar-refractivity contribution in [3.8, 4) is 0 Å². The lowest BCUT2D eigenvalue weighted by atomic mass is 9.82. The molecule has 0 saturated carbocycles. The number of rotatable bonds is 33. The van der Waals surface area contributed by atoms with Gasteiger partial charge in [0, 0.05) is 19.4 Å². The van der Waals surface area contributed by atoms with E-state index in [1.165, 1.54) is 51.4 Å². The molecule has 2 saturated heterocycles. The van der Waals surface area contributed by atoms with Crippen molar-refractivity contribution in [1.29, 1.82) is 0 Å². The van der Waals surface area contributed by atoms with Gasteiger partial charge in [-0.3, -0.25) is 14.4 Å². The van der Waals surface area contributed by atoms with Gasteiger partial charge in [0.15, 0.2) is 12.2 Å². The van der Waals surface area contributed by atoms with Crippen LogP contribution in [-0.4, -0.2) is 74.5 Å². The standard InChI is InChI=1S/C49H83NO7/c1-5-7-9-11-13-15-17-19-21-23-25-27-29-31-33-36-45(51)56-44-41-54-43(40-55-48(53)49(3)38-35-39-50(4)42-49)47(44)57-46(52)37-34-32-30-28-26-24-22-20-18-16-14-12-10-8-6-2/h13-16,19-22,43-44,47H,5-12,17-18,23-42H2,1-4H3/b15-13-,16-14-,21-19-,22-20-/t43-,44?,47+,49?/m1/s1. The Balaban J connectivity index is 1.72. The van der Waals surface area contributed by atoms with E-state index < -0.39 is 23.7 Å². The number of esters is 3. The monoisotopic (exact) mass is 798 g/mol. The number of carbonyl (C=O) groups excluding carboxylic acids is 3. The van der Waals surface area contributed by atoms with E-state index in [1.54, 1.807) is 0 Å². The summed E-state index contributed by atoms with van der Waals surface area (Å²) in [5.74, 6) is -0.905. The summed E-state index contributed by atoms with van der Waals surface area (Å²) in [6.45, 7) is 8.08. The van der Waals surface area contributed by atoms with Crippen LogP contribution in [0.25, 0.3) is 0 Å². The summed E-state index contributed by atoms with van der Waals surface area (Å²) in [7, 11) is 2.02. The molecule has 8 nitrogen and oxygen atoms in total. The second kappa shape index (κ2) is 33.2. The van der Waals surface area contributed by atoms with Gasteiger partial charge in [0.1, 0.15) is 12.7 Å². The van der Waals surface area contributed by atoms with Crippen LogP contribution in [0.1, 0.15) is 188 Å². The number of likely N-dealkylation sites (tertiary alicyclic amines) is 1. The van der Waals surface area contributed by atoms with Crippen molar-refractivity contribution >= 4 is 17.9 Å². The molecule has 0 spiro atoms. The summed E-state index contributed by atoms with van der Waals surface area (Å²) in [5, 5.41) is 0. The van der Waals surface area contributed by atoms with Gasteiger partial charge in [-0.15, -0.1) is 0 Å². The Labute approximate surface area is 348 Å². The first-order chi connectivity index (χ1) is 27.8. The Morgan fingerprint density at radius 1 is 0.649 bits per heavy atom. The molecular weight excluding hydrogens is 715 g/mol. The van der Waals surface area contributed by atoms with E-state index in [1.807, 2.05) is 14.0 Å². The first kappa shape index (κ1) is 50.4. The average Bonchev–Trinajstić information content (AvgIpc) is 3.56. The fourth-order valence-electron chi connectivity index (χ4n) is 7.63. The normalized spacial score (nSPS) is 21.7. The third-order valence-corrected chi connectivity index (χ3v) is 11.2. The lowest BCUT2D eigenvalue weighted by Gasteiger charge is -2.36. The smallest absolute Gasteiger partial charge is 0.313 e. The van der Waals surface area contributed by atoms with Crippen LogP contribution in [-0.2, 0) is 33.3 Å². The Hall–Kier alpha value is -2.71. The van der Waals surface area contributed by atoms with Gasteiger partial charge < -0.3 is 23.8 Å². The second-order valence-electron chi connectivity index (χ2n) is 16.8. The highest BCUT2D eigenvalue weighted by Gasteiger charge is 2.45. The predicted octanol–water partition coefficient (Wildman–Crippen LogP) is 12.1. The summed E-state index contributed by atoms with van der Waals surface area (Å²) in [6.07, 6.45) is 42.8. The first-order valence-electron chi connectivity index (χ1n) is 23.2. The number of nitrogens with zero attached hydrogens (tertiary/aromatic N) is 1. The molecule has 2 unspecified atom stereocenters. The topological polar surface area (TPSA) is 91.4 Å². The summed E-state index contributed by atoms with van der Waals surface area (Å²) in [4.78, 5) is 41.3. The zero-order valence-corrected chi connectivity index (χ0v) is 36.9. The zero-order valence-electron chi connectivity index (χ0n) is 36.9. The predicted molar refractivity (Wildman–Crippen MR) is 234 cm³/mol. The lowest BCUT2D eigenvalue weighted by molar-refractivity contribution is -0.171. The molecule has 2 aliphatic rings. The Morgan fingerprint density at radius 3 is 1.63 bits per heavy atom. The van der Waals surface area contributed by atoms with E-state index in [2.05, 4.69) is 67.4 Å². The van der Waals surface area contributed by atoms with Crippen LogP contribution in [0.15, 0.2) is 48.6 Å². The fourth-order valence-corrected chi connectivity index (χ4v) is 7.63. The minimum atomic E-state index is -0.807. The van der Waals surface area contributed by atoms with E-state index >= 15 is 0 Å². The maximum absolute atomic E-state index is 13.2. The van der Waals surface area contributed by atoms with Crippen LogP contribution in [0.4, 0.5) is 0 Å². The molecule has 0 aliphatic carbocycles. The van der Waals surface area contributed by atoms with Gasteiger partial charge in [-0.1, -0.05) is 127 Å². The molecule has 0 radical (unpaired) electrons. The maximum Gasteiger partial charge on any atom is 0.313 e. The van der Waals surface area contributed by atoms with E-state index in [0.29, 0.717) is 19.4 Å². The van der Waals surface area contributed by atoms with Crippen LogP contribution in [0.5, 0.6) is 0 Å². The molecule has 57 heavy (non-hydrogen) atoms. The van der Waals surface area contributed by atoms with Gasteiger partial charge in [0.2, 0.25) is 0 Å². The van der Waals surface area contributed by atoms with Gasteiger partial charge in [-0.2, -0.15) is 0 Å². The van der Waals surface area contributed by atoms with Crippen molar-refractivity contribution in [1.82, 2.24) is 4.90 Å². The van der Waals surface area contributed by atoms with Gasteiger partial charge in [-0.05, 0) is 110 Å². The molecule has 2 heterocycles. The van der Waals surface area contributed by atoms with Crippen LogP contribution in [0.2, 0.25) is 0 Å². The minimum Gasteiger partial charge on any atom is -0.462 e. The fraction of sp³-hybridized carbons (Fsp3) is 0.776. The van der Waals surface area contributed by atoms with E-state index in [4.69, 9.17) is 18.9 Å². The SMILES string of the molecule is CCCCC/C=C\C/C=C\CCCCCCCC(=O)OC1CO[C@H](COC(=O)C2(C)CCCN(C)C2)[C@@H]1OC(=O)CCCCCCC/C=C\C/C=C\CCCCC. The molecule has 8 heteroatoms. The van der Waals surface area contributed by atoms with Crippen molar-refractivity contribution in [2.24, 2.45) is 5.41 Å². The minimum absolute atomic E-state index is 0.0429. The number of ether oxygens (including phenoxy) is 4. The first-order valence-corrected chi connectivity index (χ1v) is 23.2. The van der Waals surface area contributed by atoms with Crippen LogP contribution < -0.4 is 0 Å². The number of unbranched alkanes of at least 4 members (excludes halogenated alkanes) is 16.